The number of rotatable bonds is 6. The van der Waals surface area contributed by atoms with Gasteiger partial charge in [-0.05, 0) is 28.8 Å². The summed E-state index contributed by atoms with van der Waals surface area (Å²) in [4.78, 5) is 13.0. The third kappa shape index (κ3) is 2.97. The number of ketones is 1. The molecule has 1 heterocycles. The molecule has 1 saturated carbocycles. The molecule has 20 heavy (non-hydrogen) atoms. The fourth-order valence-electron chi connectivity index (χ4n) is 2.94. The average molecular weight is 344 g/mol. The summed E-state index contributed by atoms with van der Waals surface area (Å²) in [6.07, 6.45) is 6.78. The van der Waals surface area contributed by atoms with Crippen LogP contribution in [0.1, 0.15) is 42.6 Å². The zero-order valence-electron chi connectivity index (χ0n) is 11.9. The molecule has 0 amide bonds. The molecule has 1 aliphatic carbocycles. The summed E-state index contributed by atoms with van der Waals surface area (Å²) in [7, 11) is 1.64. The molecule has 0 aliphatic heterocycles. The van der Waals surface area contributed by atoms with Crippen molar-refractivity contribution in [3.63, 3.8) is 0 Å². The molecule has 2 rings (SSSR count). The minimum atomic E-state index is -0.411. The Hall–Kier alpha value is -0.720. The van der Waals surface area contributed by atoms with Crippen molar-refractivity contribution in [2.45, 2.75) is 38.6 Å². The van der Waals surface area contributed by atoms with E-state index in [4.69, 9.17) is 10.5 Å². The molecule has 2 N–H and O–H groups in total. The Morgan fingerprint density at radius 2 is 2.20 bits per heavy atom. The van der Waals surface area contributed by atoms with Gasteiger partial charge in [0.05, 0.1) is 23.8 Å². The summed E-state index contributed by atoms with van der Waals surface area (Å²) in [6.45, 7) is 1.52. The van der Waals surface area contributed by atoms with Crippen LogP contribution in [0.5, 0.6) is 0 Å². The van der Waals surface area contributed by atoms with Gasteiger partial charge in [-0.2, -0.15) is 5.10 Å². The molecule has 112 valence electrons. The molecule has 1 aliphatic rings. The predicted octanol–water partition coefficient (Wildman–Crippen LogP) is 2.38. The third-order valence-corrected chi connectivity index (χ3v) is 4.78. The summed E-state index contributed by atoms with van der Waals surface area (Å²) >= 11 is 3.44. The van der Waals surface area contributed by atoms with Crippen LogP contribution in [0.4, 0.5) is 0 Å². The molecule has 0 bridgehead atoms. The van der Waals surface area contributed by atoms with Crippen molar-refractivity contribution in [1.82, 2.24) is 9.78 Å². The maximum absolute atomic E-state index is 13.0. The lowest BCUT2D eigenvalue weighted by Gasteiger charge is -2.34. The first-order valence-electron chi connectivity index (χ1n) is 7.10. The summed E-state index contributed by atoms with van der Waals surface area (Å²) in [5.74, 6) is 0.125. The zero-order chi connectivity index (χ0) is 14.6. The van der Waals surface area contributed by atoms with Crippen molar-refractivity contribution in [3.8, 4) is 0 Å². The highest BCUT2D eigenvalue weighted by molar-refractivity contribution is 9.10. The first-order valence-corrected chi connectivity index (χ1v) is 7.89. The molecule has 6 heteroatoms. The Bertz CT molecular complexity index is 467. The van der Waals surface area contributed by atoms with Gasteiger partial charge in [0.1, 0.15) is 5.69 Å². The number of nitrogens with two attached hydrogens (primary N) is 1. The number of hydrogen-bond donors (Lipinski definition) is 1. The Kier molecular flexibility index (Phi) is 5.35. The predicted molar refractivity (Wildman–Crippen MR) is 80.7 cm³/mol. The van der Waals surface area contributed by atoms with Gasteiger partial charge in [-0.1, -0.05) is 19.3 Å². The molecule has 1 aromatic heterocycles. The molecule has 0 atom stereocenters. The quantitative estimate of drug-likeness (QED) is 0.805. The smallest absolute Gasteiger partial charge is 0.189 e. The first kappa shape index (κ1) is 15.7. The molecule has 0 radical (unpaired) electrons. The Morgan fingerprint density at radius 3 is 2.80 bits per heavy atom. The number of Topliss-reactive ketones (excluding diaryl/α,β-unsaturated/α-hetero) is 1. The molecule has 0 unspecified atom stereocenters. The third-order valence-electron chi connectivity index (χ3n) is 4.20. The van der Waals surface area contributed by atoms with Crippen molar-refractivity contribution in [2.24, 2.45) is 11.1 Å². The molecule has 1 aromatic rings. The molecule has 0 saturated heterocycles. The van der Waals surface area contributed by atoms with Crippen molar-refractivity contribution >= 4 is 21.7 Å². The monoisotopic (exact) mass is 343 g/mol. The normalized spacial score (nSPS) is 18.1. The number of ether oxygens (including phenoxy) is 1. The van der Waals surface area contributed by atoms with Crippen LogP contribution in [0.25, 0.3) is 0 Å². The Labute approximate surface area is 128 Å². The van der Waals surface area contributed by atoms with Crippen molar-refractivity contribution in [2.75, 3.05) is 20.3 Å². The van der Waals surface area contributed by atoms with Gasteiger partial charge in [0, 0.05) is 19.1 Å². The lowest BCUT2D eigenvalue weighted by atomic mass is 9.70. The summed E-state index contributed by atoms with van der Waals surface area (Å²) in [6, 6.07) is 0. The van der Waals surface area contributed by atoms with Crippen LogP contribution in [0, 0.1) is 5.41 Å². The fourth-order valence-corrected chi connectivity index (χ4v) is 3.42. The number of hydrogen-bond acceptors (Lipinski definition) is 4. The number of aromatic nitrogens is 2. The van der Waals surface area contributed by atoms with Gasteiger partial charge in [0.25, 0.3) is 0 Å². The first-order chi connectivity index (χ1) is 9.64. The number of nitrogens with zero attached hydrogens (tertiary/aromatic N) is 2. The standard InChI is InChI=1S/C14H22BrN3O2/c1-20-8-7-18-12(11(15)9-17-18)13(19)14(10-16)5-3-2-4-6-14/h9H,2-8,10,16H2,1H3. The van der Waals surface area contributed by atoms with E-state index in [2.05, 4.69) is 21.0 Å². The number of carbonyl (C=O) groups is 1. The van der Waals surface area contributed by atoms with Gasteiger partial charge < -0.3 is 10.5 Å². The van der Waals surface area contributed by atoms with Crippen LogP contribution >= 0.6 is 15.9 Å². The summed E-state index contributed by atoms with van der Waals surface area (Å²) < 4.78 is 7.55. The van der Waals surface area contributed by atoms with Crippen LogP contribution in [0.3, 0.4) is 0 Å². The summed E-state index contributed by atoms with van der Waals surface area (Å²) in [5, 5.41) is 4.26. The maximum Gasteiger partial charge on any atom is 0.189 e. The van der Waals surface area contributed by atoms with Gasteiger partial charge in [-0.3, -0.25) is 9.48 Å². The molecule has 1 fully saturated rings. The van der Waals surface area contributed by atoms with Crippen LogP contribution in [-0.4, -0.2) is 35.8 Å². The molecular formula is C14H22BrN3O2. The summed E-state index contributed by atoms with van der Waals surface area (Å²) in [5.41, 5.74) is 6.18. The van der Waals surface area contributed by atoms with E-state index in [1.807, 2.05) is 0 Å². The average Bonchev–Trinajstić information content (AvgIpc) is 2.85. The van der Waals surface area contributed by atoms with Gasteiger partial charge in [-0.25, -0.2) is 0 Å². The highest BCUT2D eigenvalue weighted by Gasteiger charge is 2.40. The van der Waals surface area contributed by atoms with E-state index in [1.165, 1.54) is 6.42 Å². The number of methoxy groups -OCH3 is 1. The van der Waals surface area contributed by atoms with E-state index in [0.717, 1.165) is 30.2 Å². The second-order valence-electron chi connectivity index (χ2n) is 5.43. The van der Waals surface area contributed by atoms with E-state index >= 15 is 0 Å². The second kappa shape index (κ2) is 6.83. The van der Waals surface area contributed by atoms with E-state index in [1.54, 1.807) is 18.0 Å². The topological polar surface area (TPSA) is 70.1 Å². The lowest BCUT2D eigenvalue weighted by molar-refractivity contribution is 0.0713. The molecule has 0 aromatic carbocycles. The second-order valence-corrected chi connectivity index (χ2v) is 6.29. The zero-order valence-corrected chi connectivity index (χ0v) is 13.5. The van der Waals surface area contributed by atoms with Crippen LogP contribution in [0.2, 0.25) is 0 Å². The fraction of sp³-hybridized carbons (Fsp3) is 0.714. The van der Waals surface area contributed by atoms with Crippen molar-refractivity contribution in [1.29, 1.82) is 0 Å². The van der Waals surface area contributed by atoms with Crippen LogP contribution < -0.4 is 5.73 Å². The van der Waals surface area contributed by atoms with Crippen LogP contribution in [0.15, 0.2) is 10.7 Å². The molecule has 0 spiro atoms. The highest BCUT2D eigenvalue weighted by atomic mass is 79.9. The molecule has 5 nitrogen and oxygen atoms in total. The number of halogens is 1. The van der Waals surface area contributed by atoms with E-state index < -0.39 is 5.41 Å². The highest BCUT2D eigenvalue weighted by Crippen LogP contribution is 2.39. The number of carbonyl (C=O) groups excluding carboxylic acids is 1. The van der Waals surface area contributed by atoms with Gasteiger partial charge in [-0.15, -0.1) is 0 Å². The molecular weight excluding hydrogens is 322 g/mol. The maximum atomic E-state index is 13.0. The van der Waals surface area contributed by atoms with Crippen molar-refractivity contribution < 1.29 is 9.53 Å². The van der Waals surface area contributed by atoms with Crippen LogP contribution in [-0.2, 0) is 11.3 Å². The lowest BCUT2D eigenvalue weighted by Crippen LogP contribution is -2.41. The van der Waals surface area contributed by atoms with E-state index in [0.29, 0.717) is 25.4 Å². The van der Waals surface area contributed by atoms with Gasteiger partial charge in [0.2, 0.25) is 0 Å². The van der Waals surface area contributed by atoms with Gasteiger partial charge in [0.15, 0.2) is 5.78 Å². The minimum absolute atomic E-state index is 0.125. The Morgan fingerprint density at radius 1 is 1.50 bits per heavy atom. The Balaban J connectivity index is 2.29. The van der Waals surface area contributed by atoms with Crippen molar-refractivity contribution in [3.05, 3.63) is 16.4 Å². The largest absolute Gasteiger partial charge is 0.383 e. The van der Waals surface area contributed by atoms with E-state index in [9.17, 15) is 4.79 Å². The SMILES string of the molecule is COCCn1ncc(Br)c1C(=O)C1(CN)CCCCC1. The van der Waals surface area contributed by atoms with Gasteiger partial charge >= 0.3 is 0 Å². The van der Waals surface area contributed by atoms with E-state index in [-0.39, 0.29) is 5.78 Å². The minimum Gasteiger partial charge on any atom is -0.383 e.